The molecular formula is C23H27FN2O3. The number of hydrogen-bond acceptors (Lipinski definition) is 4. The van der Waals surface area contributed by atoms with Gasteiger partial charge in [0, 0.05) is 24.3 Å². The lowest BCUT2D eigenvalue weighted by molar-refractivity contribution is -0.140. The summed E-state index contributed by atoms with van der Waals surface area (Å²) in [5.74, 6) is 0.458. The highest BCUT2D eigenvalue weighted by Crippen LogP contribution is 2.33. The van der Waals surface area contributed by atoms with Crippen molar-refractivity contribution < 1.29 is 18.7 Å². The van der Waals surface area contributed by atoms with Crippen LogP contribution in [-0.2, 0) is 16.1 Å². The van der Waals surface area contributed by atoms with Crippen LogP contribution in [0.2, 0.25) is 0 Å². The maximum Gasteiger partial charge on any atom is 0.253 e. The van der Waals surface area contributed by atoms with E-state index in [1.54, 1.807) is 24.1 Å². The second kappa shape index (κ2) is 8.51. The van der Waals surface area contributed by atoms with E-state index in [1.165, 1.54) is 17.7 Å². The monoisotopic (exact) mass is 398 g/mol. The third-order valence-corrected chi connectivity index (χ3v) is 5.95. The number of methoxy groups -OCH3 is 1. The average Bonchev–Trinajstić information content (AvgIpc) is 2.93. The molecular weight excluding hydrogens is 371 g/mol. The van der Waals surface area contributed by atoms with Crippen LogP contribution in [0.15, 0.2) is 48.5 Å². The fourth-order valence-corrected chi connectivity index (χ4v) is 4.35. The van der Waals surface area contributed by atoms with E-state index in [9.17, 15) is 9.18 Å². The molecule has 0 N–H and O–H groups in total. The largest absolute Gasteiger partial charge is 0.496 e. The van der Waals surface area contributed by atoms with Gasteiger partial charge in [0.1, 0.15) is 18.2 Å². The van der Waals surface area contributed by atoms with E-state index in [4.69, 9.17) is 9.47 Å². The van der Waals surface area contributed by atoms with Gasteiger partial charge in [-0.15, -0.1) is 0 Å². The maximum atomic E-state index is 13.7. The van der Waals surface area contributed by atoms with E-state index in [0.29, 0.717) is 12.2 Å². The first kappa shape index (κ1) is 19.9. The quantitative estimate of drug-likeness (QED) is 0.789. The molecule has 1 atom stereocenters. The number of amides is 1. The molecule has 1 unspecified atom stereocenters. The lowest BCUT2D eigenvalue weighted by Gasteiger charge is -2.42. The van der Waals surface area contributed by atoms with Crippen molar-refractivity contribution in [2.75, 3.05) is 38.3 Å². The molecule has 5 nitrogen and oxygen atoms in total. The molecule has 2 fully saturated rings. The zero-order valence-electron chi connectivity index (χ0n) is 16.8. The second-order valence-corrected chi connectivity index (χ2v) is 7.87. The summed E-state index contributed by atoms with van der Waals surface area (Å²) in [7, 11) is 1.70. The highest BCUT2D eigenvalue weighted by Gasteiger charge is 2.41. The van der Waals surface area contributed by atoms with Crippen molar-refractivity contribution >= 4 is 11.6 Å². The molecule has 0 bridgehead atoms. The molecule has 0 radical (unpaired) electrons. The molecule has 6 heteroatoms. The van der Waals surface area contributed by atoms with E-state index in [-0.39, 0.29) is 23.9 Å². The lowest BCUT2D eigenvalue weighted by atomic mass is 9.92. The number of nitrogens with zero attached hydrogens (tertiary/aromatic N) is 2. The number of carbonyl (C=O) groups excluding carboxylic acids is 1. The van der Waals surface area contributed by atoms with Gasteiger partial charge in [-0.1, -0.05) is 24.3 Å². The van der Waals surface area contributed by atoms with E-state index in [2.05, 4.69) is 11.0 Å². The predicted octanol–water partition coefficient (Wildman–Crippen LogP) is 3.62. The number of morpholine rings is 1. The summed E-state index contributed by atoms with van der Waals surface area (Å²) in [6.45, 7) is 3.19. The van der Waals surface area contributed by atoms with Gasteiger partial charge in [0.15, 0.2) is 0 Å². The molecule has 1 spiro atoms. The van der Waals surface area contributed by atoms with Gasteiger partial charge in [-0.2, -0.15) is 0 Å². The van der Waals surface area contributed by atoms with Crippen molar-refractivity contribution in [3.63, 3.8) is 0 Å². The zero-order valence-corrected chi connectivity index (χ0v) is 16.8. The van der Waals surface area contributed by atoms with Crippen LogP contribution < -0.4 is 9.64 Å². The smallest absolute Gasteiger partial charge is 0.253 e. The van der Waals surface area contributed by atoms with Crippen LogP contribution in [0, 0.1) is 5.82 Å². The molecule has 1 amide bonds. The summed E-state index contributed by atoms with van der Waals surface area (Å²) in [5, 5.41) is 0. The Balaban J connectivity index is 1.46. The van der Waals surface area contributed by atoms with E-state index in [1.807, 2.05) is 18.2 Å². The Bertz CT molecular complexity index is 875. The molecule has 2 aliphatic rings. The molecule has 2 heterocycles. The van der Waals surface area contributed by atoms with Crippen molar-refractivity contribution in [2.24, 2.45) is 0 Å². The third-order valence-electron chi connectivity index (χ3n) is 5.95. The summed E-state index contributed by atoms with van der Waals surface area (Å²) in [6, 6.07) is 14.3. The zero-order chi connectivity index (χ0) is 20.3. The number of rotatable bonds is 4. The van der Waals surface area contributed by atoms with Crippen LogP contribution in [-0.4, -0.2) is 49.8 Å². The molecule has 4 rings (SSSR count). The van der Waals surface area contributed by atoms with E-state index >= 15 is 0 Å². The van der Waals surface area contributed by atoms with Crippen molar-refractivity contribution in [2.45, 2.75) is 31.4 Å². The molecule has 0 saturated carbocycles. The van der Waals surface area contributed by atoms with Gasteiger partial charge in [0.2, 0.25) is 0 Å². The molecule has 2 aromatic rings. The Labute approximate surface area is 171 Å². The highest BCUT2D eigenvalue weighted by molar-refractivity contribution is 5.95. The fraction of sp³-hybridized carbons (Fsp3) is 0.435. The van der Waals surface area contributed by atoms with Crippen molar-refractivity contribution in [3.8, 4) is 5.75 Å². The van der Waals surface area contributed by atoms with Gasteiger partial charge < -0.3 is 14.4 Å². The van der Waals surface area contributed by atoms with Crippen LogP contribution in [0.3, 0.4) is 0 Å². The van der Waals surface area contributed by atoms with Gasteiger partial charge >= 0.3 is 0 Å². The normalized spacial score (nSPS) is 23.2. The SMILES string of the molecule is COc1ccccc1CN1CCCC2(CC1)CN(c1cccc(F)c1)C(=O)CO2. The van der Waals surface area contributed by atoms with Crippen LogP contribution >= 0.6 is 0 Å². The minimum absolute atomic E-state index is 0.0447. The average molecular weight is 398 g/mol. The Morgan fingerprint density at radius 1 is 1.14 bits per heavy atom. The Kier molecular flexibility index (Phi) is 5.83. The second-order valence-electron chi connectivity index (χ2n) is 7.87. The third kappa shape index (κ3) is 4.43. The first-order valence-electron chi connectivity index (χ1n) is 10.1. The summed E-state index contributed by atoms with van der Waals surface area (Å²) >= 11 is 0. The fourth-order valence-electron chi connectivity index (χ4n) is 4.35. The van der Waals surface area contributed by atoms with E-state index in [0.717, 1.165) is 44.6 Å². The van der Waals surface area contributed by atoms with Crippen molar-refractivity contribution in [1.82, 2.24) is 4.90 Å². The van der Waals surface area contributed by atoms with Gasteiger partial charge in [0.05, 0.1) is 19.3 Å². The van der Waals surface area contributed by atoms with Crippen LogP contribution in [0.1, 0.15) is 24.8 Å². The number of carbonyl (C=O) groups is 1. The number of hydrogen-bond donors (Lipinski definition) is 0. The minimum Gasteiger partial charge on any atom is -0.496 e. The lowest BCUT2D eigenvalue weighted by Crippen LogP contribution is -2.55. The summed E-state index contributed by atoms with van der Waals surface area (Å²) in [5.41, 5.74) is 1.40. The molecule has 2 aliphatic heterocycles. The summed E-state index contributed by atoms with van der Waals surface area (Å²) in [4.78, 5) is 16.5. The minimum atomic E-state index is -0.379. The molecule has 29 heavy (non-hydrogen) atoms. The van der Waals surface area contributed by atoms with Crippen LogP contribution in [0.25, 0.3) is 0 Å². The number of halogens is 1. The standard InChI is InChI=1S/C23H27FN2O3/c1-28-21-9-3-2-6-18(21)15-25-12-5-10-23(11-13-25)17-26(22(27)16-29-23)20-8-4-7-19(24)14-20/h2-4,6-9,14H,5,10-13,15-17H2,1H3. The summed E-state index contributed by atoms with van der Waals surface area (Å²) < 4.78 is 25.3. The molecule has 0 aliphatic carbocycles. The van der Waals surface area contributed by atoms with Crippen molar-refractivity contribution in [3.05, 3.63) is 59.9 Å². The Hall–Kier alpha value is -2.44. The molecule has 0 aromatic heterocycles. The molecule has 154 valence electrons. The maximum absolute atomic E-state index is 13.7. The number of para-hydroxylation sites is 1. The number of likely N-dealkylation sites (tertiary alicyclic amines) is 1. The van der Waals surface area contributed by atoms with Crippen LogP contribution in [0.4, 0.5) is 10.1 Å². The molecule has 2 saturated heterocycles. The highest BCUT2D eigenvalue weighted by atomic mass is 19.1. The van der Waals surface area contributed by atoms with Gasteiger partial charge in [-0.05, 0) is 50.1 Å². The van der Waals surface area contributed by atoms with Gasteiger partial charge in [-0.3, -0.25) is 9.69 Å². The predicted molar refractivity (Wildman–Crippen MR) is 110 cm³/mol. The molecule has 2 aromatic carbocycles. The topological polar surface area (TPSA) is 42.0 Å². The first-order chi connectivity index (χ1) is 14.1. The first-order valence-corrected chi connectivity index (χ1v) is 10.1. The van der Waals surface area contributed by atoms with Crippen LogP contribution in [0.5, 0.6) is 5.75 Å². The van der Waals surface area contributed by atoms with E-state index < -0.39 is 0 Å². The summed E-state index contributed by atoms with van der Waals surface area (Å²) in [6.07, 6.45) is 2.70. The van der Waals surface area contributed by atoms with Crippen molar-refractivity contribution in [1.29, 1.82) is 0 Å². The number of ether oxygens (including phenoxy) is 2. The Morgan fingerprint density at radius 2 is 2.00 bits per heavy atom. The van der Waals surface area contributed by atoms with Gasteiger partial charge in [-0.25, -0.2) is 4.39 Å². The number of benzene rings is 2. The Morgan fingerprint density at radius 3 is 2.83 bits per heavy atom. The number of anilines is 1. The van der Waals surface area contributed by atoms with Gasteiger partial charge in [0.25, 0.3) is 5.91 Å².